The van der Waals surface area contributed by atoms with Crippen molar-refractivity contribution in [2.75, 3.05) is 6.54 Å². The number of likely N-dealkylation sites (tertiary alicyclic amines) is 1. The van der Waals surface area contributed by atoms with E-state index < -0.39 is 4.92 Å². The number of benzene rings is 1. The van der Waals surface area contributed by atoms with Gasteiger partial charge in [0.15, 0.2) is 0 Å². The molecule has 0 saturated carbocycles. The molecule has 0 N–H and O–H groups in total. The van der Waals surface area contributed by atoms with Crippen molar-refractivity contribution in [3.05, 3.63) is 39.4 Å². The summed E-state index contributed by atoms with van der Waals surface area (Å²) in [4.78, 5) is 24.9. The number of hydrogen-bond acceptors (Lipinski definition) is 3. The Kier molecular flexibility index (Phi) is 4.37. The zero-order valence-corrected chi connectivity index (χ0v) is 12.0. The van der Waals surface area contributed by atoms with Crippen molar-refractivity contribution in [3.8, 4) is 0 Å². The van der Waals surface area contributed by atoms with Crippen LogP contribution in [0.4, 0.5) is 5.69 Å². The van der Waals surface area contributed by atoms with E-state index in [1.54, 1.807) is 19.1 Å². The standard InChI is InChI=1S/C15H20N2O3/c1-3-13-6-4-5-9-16(13)15(18)12-7-8-14(17(19)20)11(2)10-12/h7-8,10,13H,3-6,9H2,1-2H3. The van der Waals surface area contributed by atoms with Crippen molar-refractivity contribution in [3.63, 3.8) is 0 Å². The molecule has 5 heteroatoms. The summed E-state index contributed by atoms with van der Waals surface area (Å²) in [6, 6.07) is 4.91. The molecule has 1 saturated heterocycles. The van der Waals surface area contributed by atoms with E-state index in [2.05, 4.69) is 6.92 Å². The lowest BCUT2D eigenvalue weighted by atomic mass is 9.98. The summed E-state index contributed by atoms with van der Waals surface area (Å²) in [7, 11) is 0. The minimum atomic E-state index is -0.417. The summed E-state index contributed by atoms with van der Waals surface area (Å²) in [5.74, 6) is -0.00505. The zero-order chi connectivity index (χ0) is 14.7. The van der Waals surface area contributed by atoms with Crippen LogP contribution in [0.25, 0.3) is 0 Å². The fourth-order valence-corrected chi connectivity index (χ4v) is 2.85. The number of amides is 1. The van der Waals surface area contributed by atoms with Gasteiger partial charge in [-0.2, -0.15) is 0 Å². The van der Waals surface area contributed by atoms with E-state index in [1.165, 1.54) is 12.5 Å². The van der Waals surface area contributed by atoms with E-state index in [9.17, 15) is 14.9 Å². The molecule has 0 radical (unpaired) electrons. The third-order valence-corrected chi connectivity index (χ3v) is 4.00. The van der Waals surface area contributed by atoms with E-state index in [1.807, 2.05) is 4.90 Å². The molecule has 1 fully saturated rings. The molecule has 0 spiro atoms. The van der Waals surface area contributed by atoms with Crippen molar-refractivity contribution < 1.29 is 9.72 Å². The normalized spacial score (nSPS) is 18.9. The van der Waals surface area contributed by atoms with Crippen LogP contribution >= 0.6 is 0 Å². The van der Waals surface area contributed by atoms with Gasteiger partial charge in [-0.15, -0.1) is 0 Å². The van der Waals surface area contributed by atoms with Crippen LogP contribution in [0.3, 0.4) is 0 Å². The fourth-order valence-electron chi connectivity index (χ4n) is 2.85. The molecular formula is C15H20N2O3. The number of nitro benzene ring substituents is 1. The molecule has 1 amide bonds. The minimum Gasteiger partial charge on any atom is -0.336 e. The van der Waals surface area contributed by atoms with Crippen LogP contribution < -0.4 is 0 Å². The Balaban J connectivity index is 2.24. The quantitative estimate of drug-likeness (QED) is 0.628. The molecule has 0 aromatic heterocycles. The smallest absolute Gasteiger partial charge is 0.272 e. The van der Waals surface area contributed by atoms with Crippen molar-refractivity contribution in [2.24, 2.45) is 0 Å². The first kappa shape index (κ1) is 14.5. The zero-order valence-electron chi connectivity index (χ0n) is 12.0. The van der Waals surface area contributed by atoms with E-state index >= 15 is 0 Å². The number of carbonyl (C=O) groups excluding carboxylic acids is 1. The molecule has 1 heterocycles. The van der Waals surface area contributed by atoms with E-state index in [4.69, 9.17) is 0 Å². The predicted molar refractivity (Wildman–Crippen MR) is 76.8 cm³/mol. The van der Waals surface area contributed by atoms with E-state index in [0.717, 1.165) is 25.8 Å². The molecule has 0 bridgehead atoms. The molecule has 20 heavy (non-hydrogen) atoms. The fraction of sp³-hybridized carbons (Fsp3) is 0.533. The van der Waals surface area contributed by atoms with Gasteiger partial charge in [0.2, 0.25) is 0 Å². The predicted octanol–water partition coefficient (Wildman–Crippen LogP) is 3.31. The Hall–Kier alpha value is -1.91. The molecule has 1 aromatic carbocycles. The molecule has 1 unspecified atom stereocenters. The van der Waals surface area contributed by atoms with Crippen molar-refractivity contribution in [2.45, 2.75) is 45.6 Å². The van der Waals surface area contributed by atoms with Gasteiger partial charge < -0.3 is 4.90 Å². The summed E-state index contributed by atoms with van der Waals surface area (Å²) in [6.07, 6.45) is 4.21. The third kappa shape index (κ3) is 2.81. The summed E-state index contributed by atoms with van der Waals surface area (Å²) >= 11 is 0. The second-order valence-electron chi connectivity index (χ2n) is 5.31. The van der Waals surface area contributed by atoms with Crippen LogP contribution in [0.1, 0.15) is 48.5 Å². The highest BCUT2D eigenvalue weighted by atomic mass is 16.6. The average Bonchev–Trinajstić information content (AvgIpc) is 2.45. The van der Waals surface area contributed by atoms with Crippen LogP contribution in [0.5, 0.6) is 0 Å². The number of rotatable bonds is 3. The first-order valence-corrected chi connectivity index (χ1v) is 7.10. The van der Waals surface area contributed by atoms with E-state index in [0.29, 0.717) is 17.2 Å². The van der Waals surface area contributed by atoms with Gasteiger partial charge in [0, 0.05) is 29.8 Å². The van der Waals surface area contributed by atoms with Gasteiger partial charge >= 0.3 is 0 Å². The van der Waals surface area contributed by atoms with Gasteiger partial charge in [-0.3, -0.25) is 14.9 Å². The van der Waals surface area contributed by atoms with Gasteiger partial charge in [0.25, 0.3) is 11.6 Å². The van der Waals surface area contributed by atoms with Crippen LogP contribution in [-0.2, 0) is 0 Å². The second-order valence-corrected chi connectivity index (χ2v) is 5.31. The molecule has 1 atom stereocenters. The van der Waals surface area contributed by atoms with Gasteiger partial charge in [-0.05, 0) is 44.7 Å². The number of nitrogens with zero attached hydrogens (tertiary/aromatic N) is 2. The first-order chi connectivity index (χ1) is 9.54. The SMILES string of the molecule is CCC1CCCCN1C(=O)c1ccc([N+](=O)[O-])c(C)c1. The van der Waals surface area contributed by atoms with Crippen molar-refractivity contribution >= 4 is 11.6 Å². The van der Waals surface area contributed by atoms with Gasteiger partial charge in [0.1, 0.15) is 0 Å². The van der Waals surface area contributed by atoms with E-state index in [-0.39, 0.29) is 11.6 Å². The Morgan fingerprint density at radius 3 is 2.80 bits per heavy atom. The molecular weight excluding hydrogens is 256 g/mol. The third-order valence-electron chi connectivity index (χ3n) is 4.00. The largest absolute Gasteiger partial charge is 0.336 e. The first-order valence-electron chi connectivity index (χ1n) is 7.10. The van der Waals surface area contributed by atoms with Gasteiger partial charge in [-0.1, -0.05) is 6.92 Å². The molecule has 1 aliphatic rings. The number of aryl methyl sites for hydroxylation is 1. The lowest BCUT2D eigenvalue weighted by molar-refractivity contribution is -0.385. The van der Waals surface area contributed by atoms with Gasteiger partial charge in [-0.25, -0.2) is 0 Å². The average molecular weight is 276 g/mol. The maximum absolute atomic E-state index is 12.6. The Bertz CT molecular complexity index is 528. The maximum atomic E-state index is 12.6. The monoisotopic (exact) mass is 276 g/mol. The molecule has 2 rings (SSSR count). The molecule has 1 aromatic rings. The van der Waals surface area contributed by atoms with Crippen LogP contribution in [0.15, 0.2) is 18.2 Å². The van der Waals surface area contributed by atoms with Crippen LogP contribution in [0, 0.1) is 17.0 Å². The summed E-state index contributed by atoms with van der Waals surface area (Å²) in [5, 5.41) is 10.8. The minimum absolute atomic E-state index is 0.00505. The van der Waals surface area contributed by atoms with Gasteiger partial charge in [0.05, 0.1) is 4.92 Å². The highest BCUT2D eigenvalue weighted by Gasteiger charge is 2.26. The Labute approximate surface area is 118 Å². The lowest BCUT2D eigenvalue weighted by Gasteiger charge is -2.35. The highest BCUT2D eigenvalue weighted by molar-refractivity contribution is 5.95. The number of carbonyl (C=O) groups is 1. The van der Waals surface area contributed by atoms with Crippen molar-refractivity contribution in [1.82, 2.24) is 4.90 Å². The number of hydrogen-bond donors (Lipinski definition) is 0. The summed E-state index contributed by atoms with van der Waals surface area (Å²) < 4.78 is 0. The second kappa shape index (κ2) is 6.03. The molecule has 5 nitrogen and oxygen atoms in total. The topological polar surface area (TPSA) is 63.5 Å². The maximum Gasteiger partial charge on any atom is 0.272 e. The Morgan fingerprint density at radius 1 is 1.45 bits per heavy atom. The van der Waals surface area contributed by atoms with Crippen LogP contribution in [0.2, 0.25) is 0 Å². The van der Waals surface area contributed by atoms with Crippen molar-refractivity contribution in [1.29, 1.82) is 0 Å². The Morgan fingerprint density at radius 2 is 2.20 bits per heavy atom. The summed E-state index contributed by atoms with van der Waals surface area (Å²) in [6.45, 7) is 4.55. The molecule has 0 aliphatic carbocycles. The highest BCUT2D eigenvalue weighted by Crippen LogP contribution is 2.24. The number of nitro groups is 1. The lowest BCUT2D eigenvalue weighted by Crippen LogP contribution is -2.43. The molecule has 108 valence electrons. The number of piperidine rings is 1. The van der Waals surface area contributed by atoms with Crippen LogP contribution in [-0.4, -0.2) is 28.3 Å². The summed E-state index contributed by atoms with van der Waals surface area (Å²) in [5.41, 5.74) is 1.14. The molecule has 1 aliphatic heterocycles.